The molecular weight excluding hydrogens is 310 g/mol. The van der Waals surface area contributed by atoms with Gasteiger partial charge in [0.25, 0.3) is 5.91 Å². The number of ether oxygens (including phenoxy) is 1. The molecule has 0 spiro atoms. The molecule has 2 rings (SSSR count). The first-order valence-corrected chi connectivity index (χ1v) is 7.54. The lowest BCUT2D eigenvalue weighted by Gasteiger charge is -2.19. The second-order valence-electron chi connectivity index (χ2n) is 5.78. The van der Waals surface area contributed by atoms with E-state index in [1.807, 2.05) is 13.0 Å². The van der Waals surface area contributed by atoms with Crippen LogP contribution in [0.4, 0.5) is 0 Å². The van der Waals surface area contributed by atoms with Crippen LogP contribution in [-0.4, -0.2) is 35.5 Å². The minimum absolute atomic E-state index is 0.119. The molecule has 24 heavy (non-hydrogen) atoms. The fourth-order valence-corrected chi connectivity index (χ4v) is 2.56. The highest BCUT2D eigenvalue weighted by molar-refractivity contribution is 5.94. The van der Waals surface area contributed by atoms with Crippen molar-refractivity contribution < 1.29 is 23.8 Å². The van der Waals surface area contributed by atoms with Crippen LogP contribution in [-0.2, 0) is 11.3 Å². The van der Waals surface area contributed by atoms with E-state index in [-0.39, 0.29) is 5.91 Å². The number of carbonyl (C=O) groups excluding carboxylic acids is 1. The van der Waals surface area contributed by atoms with E-state index < -0.39 is 12.6 Å². The van der Waals surface area contributed by atoms with Gasteiger partial charge in [-0.2, -0.15) is 0 Å². The van der Waals surface area contributed by atoms with Gasteiger partial charge in [-0.05, 0) is 50.1 Å². The van der Waals surface area contributed by atoms with E-state index in [0.717, 1.165) is 22.5 Å². The number of furan rings is 1. The third-order valence-corrected chi connectivity index (χ3v) is 3.77. The maximum atomic E-state index is 12.6. The van der Waals surface area contributed by atoms with E-state index in [2.05, 4.69) is 0 Å². The minimum atomic E-state index is -1.04. The molecule has 0 atom stereocenters. The largest absolute Gasteiger partial charge is 0.481 e. The Hall–Kier alpha value is -2.76. The number of aliphatic carboxylic acids is 1. The van der Waals surface area contributed by atoms with Crippen LogP contribution in [0, 0.1) is 20.8 Å². The number of hydrogen-bond donors (Lipinski definition) is 1. The molecule has 0 saturated carbocycles. The van der Waals surface area contributed by atoms with Crippen molar-refractivity contribution in [3.8, 4) is 5.75 Å². The SMILES string of the molecule is Cc1cc(C(=O)N(C)Cc2ccoc2C)cc(C)c1OCC(=O)O. The number of carboxylic acid groups (broad SMARTS) is 1. The first-order valence-electron chi connectivity index (χ1n) is 7.54. The lowest BCUT2D eigenvalue weighted by Crippen LogP contribution is -2.26. The summed E-state index contributed by atoms with van der Waals surface area (Å²) in [7, 11) is 1.73. The number of aryl methyl sites for hydroxylation is 3. The molecule has 0 unspecified atom stereocenters. The average Bonchev–Trinajstić information content (AvgIpc) is 2.90. The lowest BCUT2D eigenvalue weighted by atomic mass is 10.0. The molecule has 1 N–H and O–H groups in total. The molecule has 2 aromatic rings. The summed E-state index contributed by atoms with van der Waals surface area (Å²) in [6, 6.07) is 5.27. The smallest absolute Gasteiger partial charge is 0.341 e. The zero-order valence-corrected chi connectivity index (χ0v) is 14.3. The van der Waals surface area contributed by atoms with Crippen molar-refractivity contribution in [1.82, 2.24) is 4.90 Å². The van der Waals surface area contributed by atoms with Gasteiger partial charge in [0, 0.05) is 24.7 Å². The van der Waals surface area contributed by atoms with E-state index in [4.69, 9.17) is 14.3 Å². The Labute approximate surface area is 140 Å². The molecule has 1 aromatic heterocycles. The Morgan fingerprint density at radius 3 is 2.33 bits per heavy atom. The summed E-state index contributed by atoms with van der Waals surface area (Å²) in [5.74, 6) is 0.137. The fraction of sp³-hybridized carbons (Fsp3) is 0.333. The molecule has 6 nitrogen and oxygen atoms in total. The maximum Gasteiger partial charge on any atom is 0.341 e. The summed E-state index contributed by atoms with van der Waals surface area (Å²) >= 11 is 0. The monoisotopic (exact) mass is 331 g/mol. The predicted octanol–water partition coefficient (Wildman–Crippen LogP) is 2.94. The third kappa shape index (κ3) is 3.95. The fourth-order valence-electron chi connectivity index (χ4n) is 2.56. The first-order chi connectivity index (χ1) is 11.3. The van der Waals surface area contributed by atoms with Crippen LogP contribution >= 0.6 is 0 Å². The highest BCUT2D eigenvalue weighted by Crippen LogP contribution is 2.25. The Kier molecular flexibility index (Phi) is 5.28. The van der Waals surface area contributed by atoms with Gasteiger partial charge in [-0.25, -0.2) is 4.79 Å². The first kappa shape index (κ1) is 17.6. The van der Waals surface area contributed by atoms with Crippen molar-refractivity contribution in [2.24, 2.45) is 0 Å². The summed E-state index contributed by atoms with van der Waals surface area (Å²) < 4.78 is 10.5. The molecule has 0 aliphatic carbocycles. The van der Waals surface area contributed by atoms with Crippen molar-refractivity contribution in [3.63, 3.8) is 0 Å². The minimum Gasteiger partial charge on any atom is -0.481 e. The van der Waals surface area contributed by atoms with Crippen LogP contribution in [0.3, 0.4) is 0 Å². The van der Waals surface area contributed by atoms with Gasteiger partial charge in [-0.3, -0.25) is 4.79 Å². The van der Waals surface area contributed by atoms with E-state index in [1.54, 1.807) is 44.2 Å². The van der Waals surface area contributed by atoms with Crippen LogP contribution in [0.2, 0.25) is 0 Å². The normalized spacial score (nSPS) is 10.5. The Bertz CT molecular complexity index is 740. The van der Waals surface area contributed by atoms with Gasteiger partial charge in [-0.1, -0.05) is 0 Å². The molecule has 0 aliphatic rings. The molecule has 0 aliphatic heterocycles. The average molecular weight is 331 g/mol. The number of amides is 1. The van der Waals surface area contributed by atoms with Gasteiger partial charge in [-0.15, -0.1) is 0 Å². The molecule has 0 saturated heterocycles. The van der Waals surface area contributed by atoms with E-state index in [0.29, 0.717) is 17.9 Å². The van der Waals surface area contributed by atoms with Crippen LogP contribution in [0.25, 0.3) is 0 Å². The summed E-state index contributed by atoms with van der Waals surface area (Å²) in [5.41, 5.74) is 2.96. The third-order valence-electron chi connectivity index (χ3n) is 3.77. The number of hydrogen-bond acceptors (Lipinski definition) is 4. The second kappa shape index (κ2) is 7.21. The van der Waals surface area contributed by atoms with Crippen LogP contribution < -0.4 is 4.74 Å². The molecule has 1 aromatic carbocycles. The van der Waals surface area contributed by atoms with E-state index >= 15 is 0 Å². The van der Waals surface area contributed by atoms with Crippen LogP contribution in [0.1, 0.15) is 32.8 Å². The molecule has 0 bridgehead atoms. The molecule has 1 amide bonds. The quantitative estimate of drug-likeness (QED) is 0.880. The van der Waals surface area contributed by atoms with Crippen molar-refractivity contribution in [3.05, 3.63) is 52.5 Å². The van der Waals surface area contributed by atoms with Crippen molar-refractivity contribution in [2.45, 2.75) is 27.3 Å². The van der Waals surface area contributed by atoms with Gasteiger partial charge < -0.3 is 19.2 Å². The zero-order chi connectivity index (χ0) is 17.9. The second-order valence-corrected chi connectivity index (χ2v) is 5.78. The molecule has 6 heteroatoms. The van der Waals surface area contributed by atoms with Crippen LogP contribution in [0.5, 0.6) is 5.75 Å². The maximum absolute atomic E-state index is 12.6. The Morgan fingerprint density at radius 2 is 1.83 bits per heavy atom. The highest BCUT2D eigenvalue weighted by Gasteiger charge is 2.17. The van der Waals surface area contributed by atoms with E-state index in [9.17, 15) is 9.59 Å². The Morgan fingerprint density at radius 1 is 1.21 bits per heavy atom. The molecule has 1 heterocycles. The zero-order valence-electron chi connectivity index (χ0n) is 14.3. The van der Waals surface area contributed by atoms with Gasteiger partial charge in [0.2, 0.25) is 0 Å². The van der Waals surface area contributed by atoms with Gasteiger partial charge >= 0.3 is 5.97 Å². The molecule has 0 fully saturated rings. The number of carbonyl (C=O) groups is 2. The number of benzene rings is 1. The van der Waals surface area contributed by atoms with Crippen molar-refractivity contribution in [2.75, 3.05) is 13.7 Å². The molecule has 128 valence electrons. The molecule has 0 radical (unpaired) electrons. The topological polar surface area (TPSA) is 80.0 Å². The summed E-state index contributed by atoms with van der Waals surface area (Å²) in [6.07, 6.45) is 1.60. The van der Waals surface area contributed by atoms with E-state index in [1.165, 1.54) is 0 Å². The lowest BCUT2D eigenvalue weighted by molar-refractivity contribution is -0.139. The summed E-state index contributed by atoms with van der Waals surface area (Å²) in [4.78, 5) is 24.9. The van der Waals surface area contributed by atoms with Crippen molar-refractivity contribution >= 4 is 11.9 Å². The number of nitrogens with zero attached hydrogens (tertiary/aromatic N) is 1. The van der Waals surface area contributed by atoms with Gasteiger partial charge in [0.15, 0.2) is 6.61 Å². The number of rotatable bonds is 6. The Balaban J connectivity index is 2.17. The summed E-state index contributed by atoms with van der Waals surface area (Å²) in [5, 5.41) is 8.72. The van der Waals surface area contributed by atoms with Crippen LogP contribution in [0.15, 0.2) is 28.9 Å². The van der Waals surface area contributed by atoms with Gasteiger partial charge in [0.05, 0.1) is 6.26 Å². The standard InChI is InChI=1S/C18H21NO5/c1-11-7-15(8-12(2)17(11)24-10-16(20)21)18(22)19(4)9-14-5-6-23-13(14)3/h5-8H,9-10H2,1-4H3,(H,20,21). The van der Waals surface area contributed by atoms with Gasteiger partial charge in [0.1, 0.15) is 11.5 Å². The summed E-state index contributed by atoms with van der Waals surface area (Å²) in [6.45, 7) is 5.49. The number of carboxylic acids is 1. The predicted molar refractivity (Wildman–Crippen MR) is 88.3 cm³/mol. The molecular formula is C18H21NO5. The van der Waals surface area contributed by atoms with Crippen molar-refractivity contribution in [1.29, 1.82) is 0 Å². The highest BCUT2D eigenvalue weighted by atomic mass is 16.5.